The number of benzene rings is 2. The van der Waals surface area contributed by atoms with E-state index >= 15 is 0 Å². The van der Waals surface area contributed by atoms with Crippen LogP contribution in [0.3, 0.4) is 0 Å². The Morgan fingerprint density at radius 2 is 1.43 bits per heavy atom. The average Bonchev–Trinajstić information content (AvgIpc) is 2.89. The van der Waals surface area contributed by atoms with E-state index in [9.17, 15) is 0 Å². The fourth-order valence-electron chi connectivity index (χ4n) is 1.80. The van der Waals surface area contributed by atoms with Crippen LogP contribution in [0.2, 0.25) is 0 Å². The number of nitrogens with one attached hydrogen (secondary N) is 1. The summed E-state index contributed by atoms with van der Waals surface area (Å²) < 4.78 is 34.7. The van der Waals surface area contributed by atoms with Gasteiger partial charge in [-0.25, -0.2) is 3.96 Å². The van der Waals surface area contributed by atoms with E-state index in [1.165, 1.54) is 11.5 Å². The normalized spacial score (nSPS) is 10.8. The molecule has 0 aliphatic heterocycles. The maximum absolute atomic E-state index is 8.60. The topological polar surface area (TPSA) is 131 Å². The fourth-order valence-corrected chi connectivity index (χ4v) is 2.56. The van der Waals surface area contributed by atoms with E-state index in [0.29, 0.717) is 4.80 Å². The molecule has 0 aliphatic rings. The minimum atomic E-state index is -4.69. The highest BCUT2D eigenvalue weighted by molar-refractivity contribution is 7.04. The third-order valence-corrected chi connectivity index (χ3v) is 3.43. The summed E-state index contributed by atoms with van der Waals surface area (Å²) in [5, 5.41) is 7.74. The van der Waals surface area contributed by atoms with Crippen molar-refractivity contribution >= 4 is 11.5 Å². The molecular formula is C14H12ClN3O4S. The van der Waals surface area contributed by atoms with Crippen LogP contribution in [-0.2, 0) is 0 Å². The number of hydrogen-bond acceptors (Lipinski definition) is 7. The second-order valence-corrected chi connectivity index (χ2v) is 5.95. The van der Waals surface area contributed by atoms with Crippen LogP contribution in [0, 0.1) is 15.7 Å². The molecule has 0 saturated carbocycles. The Bertz CT molecular complexity index is 734. The first-order valence-corrected chi connectivity index (χ1v) is 8.27. The van der Waals surface area contributed by atoms with Gasteiger partial charge >= 0.3 is 0 Å². The van der Waals surface area contributed by atoms with Crippen LogP contribution < -0.4 is 18.8 Å². The van der Waals surface area contributed by atoms with Gasteiger partial charge in [0.1, 0.15) is 0 Å². The first kappa shape index (κ1) is 17.3. The van der Waals surface area contributed by atoms with Crippen LogP contribution in [0.4, 0.5) is 0 Å². The second-order valence-electron chi connectivity index (χ2n) is 4.22. The van der Waals surface area contributed by atoms with E-state index in [2.05, 4.69) is 4.98 Å². The van der Waals surface area contributed by atoms with Crippen molar-refractivity contribution in [2.75, 3.05) is 0 Å². The van der Waals surface area contributed by atoms with Crippen LogP contribution in [0.5, 0.6) is 0 Å². The molecule has 0 spiro atoms. The third-order valence-electron chi connectivity index (χ3n) is 2.60. The van der Waals surface area contributed by atoms with E-state index < -0.39 is 10.2 Å². The zero-order valence-corrected chi connectivity index (χ0v) is 13.2. The number of rotatable bonds is 2. The number of halogens is 1. The Morgan fingerprint density at radius 3 is 1.96 bits per heavy atom. The van der Waals surface area contributed by atoms with E-state index in [0.717, 1.165) is 17.1 Å². The summed E-state index contributed by atoms with van der Waals surface area (Å²) in [5.74, 6) is 0.816. The largest absolute Gasteiger partial charge is 0.272 e. The predicted octanol–water partition coefficient (Wildman–Crippen LogP) is -1.04. The molecule has 3 aromatic rings. The lowest BCUT2D eigenvalue weighted by Crippen LogP contribution is -2.58. The van der Waals surface area contributed by atoms with Crippen molar-refractivity contribution in [2.24, 2.45) is 0 Å². The highest BCUT2D eigenvalue weighted by Gasteiger charge is 2.09. The lowest BCUT2D eigenvalue weighted by molar-refractivity contribution is -1.92. The van der Waals surface area contributed by atoms with Crippen molar-refractivity contribution in [3.05, 3.63) is 65.5 Å². The third kappa shape index (κ3) is 5.57. The summed E-state index contributed by atoms with van der Waals surface area (Å²) >= 11 is 1.33. The SMILES string of the molecule is N=c1nc(-c2ccccc2)n(-c2ccccc2)s1.[O-][Cl+3]([O-])([O-])O. The first-order chi connectivity index (χ1) is 10.8. The van der Waals surface area contributed by atoms with Gasteiger partial charge in [0.05, 0.1) is 20.6 Å². The Morgan fingerprint density at radius 1 is 0.957 bits per heavy atom. The van der Waals surface area contributed by atoms with Crippen molar-refractivity contribution in [3.8, 4) is 17.1 Å². The van der Waals surface area contributed by atoms with Crippen molar-refractivity contribution in [1.82, 2.24) is 8.94 Å². The van der Waals surface area contributed by atoms with Gasteiger partial charge in [0.25, 0.3) is 0 Å². The average molecular weight is 354 g/mol. The van der Waals surface area contributed by atoms with Crippen LogP contribution in [0.25, 0.3) is 17.1 Å². The maximum Gasteiger partial charge on any atom is 0.220 e. The molecule has 3 rings (SSSR count). The van der Waals surface area contributed by atoms with Gasteiger partial charge in [-0.05, 0) is 23.7 Å². The standard InChI is InChI=1S/C14H11N3S.ClHO4/c15-14-16-13(11-7-3-1-4-8-11)17(18-14)12-9-5-2-6-10-12;2-1(3,4)5/h1-10,15H;(H,2,3,4,5). The highest BCUT2D eigenvalue weighted by Crippen LogP contribution is 2.21. The molecule has 0 atom stereocenters. The van der Waals surface area contributed by atoms with Gasteiger partial charge in [-0.15, -0.1) is 0 Å². The smallest absolute Gasteiger partial charge is 0.220 e. The summed E-state index contributed by atoms with van der Waals surface area (Å²) in [6, 6.07) is 19.9. The van der Waals surface area contributed by atoms with Gasteiger partial charge in [-0.3, -0.25) is 5.41 Å². The van der Waals surface area contributed by atoms with Gasteiger partial charge < -0.3 is 0 Å². The summed E-state index contributed by atoms with van der Waals surface area (Å²) in [7, 11) is -4.69. The minimum Gasteiger partial charge on any atom is -0.272 e. The molecule has 120 valence electrons. The Labute approximate surface area is 137 Å². The minimum absolute atomic E-state index is 0.317. The summed E-state index contributed by atoms with van der Waals surface area (Å²) in [6.07, 6.45) is 0. The molecular weight excluding hydrogens is 342 g/mol. The molecule has 0 amide bonds. The van der Waals surface area contributed by atoms with Gasteiger partial charge in [-0.1, -0.05) is 48.5 Å². The van der Waals surface area contributed by atoms with Gasteiger partial charge in [-0.2, -0.15) is 19.0 Å². The van der Waals surface area contributed by atoms with Crippen LogP contribution in [0.1, 0.15) is 0 Å². The van der Waals surface area contributed by atoms with Crippen molar-refractivity contribution < 1.29 is 28.9 Å². The maximum atomic E-state index is 8.60. The van der Waals surface area contributed by atoms with Crippen LogP contribution >= 0.6 is 11.5 Å². The van der Waals surface area contributed by atoms with E-state index in [1.807, 2.05) is 64.6 Å². The molecule has 9 heteroatoms. The highest BCUT2D eigenvalue weighted by atomic mass is 35.7. The number of para-hydroxylation sites is 1. The molecule has 2 aromatic carbocycles. The first-order valence-electron chi connectivity index (χ1n) is 6.23. The molecule has 0 bridgehead atoms. The number of hydrogen-bond donors (Lipinski definition) is 2. The lowest BCUT2D eigenvalue weighted by atomic mass is 10.2. The Kier molecular flexibility index (Phi) is 5.61. The molecule has 1 heterocycles. The summed E-state index contributed by atoms with van der Waals surface area (Å²) in [6.45, 7) is 0. The van der Waals surface area contributed by atoms with E-state index in [-0.39, 0.29) is 0 Å². The molecule has 7 nitrogen and oxygen atoms in total. The Balaban J connectivity index is 0.000000338. The van der Waals surface area contributed by atoms with Gasteiger partial charge in [0.2, 0.25) is 4.80 Å². The van der Waals surface area contributed by atoms with Gasteiger partial charge in [0.15, 0.2) is 5.82 Å². The van der Waals surface area contributed by atoms with E-state index in [4.69, 9.17) is 24.0 Å². The zero-order chi connectivity index (χ0) is 16.9. The number of nitrogens with zero attached hydrogens (tertiary/aromatic N) is 2. The van der Waals surface area contributed by atoms with E-state index in [1.54, 1.807) is 0 Å². The molecule has 0 aliphatic carbocycles. The molecule has 0 saturated heterocycles. The van der Waals surface area contributed by atoms with Gasteiger partial charge in [0, 0.05) is 5.56 Å². The Hall–Kier alpha value is -2.07. The predicted molar refractivity (Wildman–Crippen MR) is 75.0 cm³/mol. The summed E-state index contributed by atoms with van der Waals surface area (Å²) in [5.41, 5.74) is 2.06. The van der Waals surface area contributed by atoms with Crippen molar-refractivity contribution in [2.45, 2.75) is 0 Å². The quantitative estimate of drug-likeness (QED) is 0.607. The number of aromatic nitrogens is 2. The van der Waals surface area contributed by atoms with Crippen LogP contribution in [0.15, 0.2) is 60.7 Å². The zero-order valence-electron chi connectivity index (χ0n) is 11.6. The molecule has 0 radical (unpaired) electrons. The second kappa shape index (κ2) is 7.47. The molecule has 1 aromatic heterocycles. The molecule has 2 N–H and O–H groups in total. The molecule has 0 fully saturated rings. The van der Waals surface area contributed by atoms with Crippen molar-refractivity contribution in [3.63, 3.8) is 0 Å². The monoisotopic (exact) mass is 353 g/mol. The molecule has 23 heavy (non-hydrogen) atoms. The summed E-state index contributed by atoms with van der Waals surface area (Å²) in [4.78, 5) is 4.62. The van der Waals surface area contributed by atoms with Crippen molar-refractivity contribution in [1.29, 1.82) is 5.41 Å². The lowest BCUT2D eigenvalue weighted by Gasteiger charge is -2.05. The van der Waals surface area contributed by atoms with Crippen LogP contribution in [-0.4, -0.2) is 13.6 Å². The fraction of sp³-hybridized carbons (Fsp3) is 0. The molecule has 0 unspecified atom stereocenters.